The van der Waals surface area contributed by atoms with Crippen molar-refractivity contribution in [2.24, 2.45) is 0 Å². The van der Waals surface area contributed by atoms with E-state index in [2.05, 4.69) is 35.8 Å². The van der Waals surface area contributed by atoms with Crippen molar-refractivity contribution in [1.82, 2.24) is 15.6 Å². The Morgan fingerprint density at radius 2 is 1.92 bits per heavy atom. The SMILES string of the molecule is CCCNC(=O)c1cccc(CN[C@H](C)c2ccc3ccccc3n2)c1. The molecule has 2 aromatic carbocycles. The summed E-state index contributed by atoms with van der Waals surface area (Å²) in [6.07, 6.45) is 0.934. The zero-order valence-electron chi connectivity index (χ0n) is 15.3. The fourth-order valence-corrected chi connectivity index (χ4v) is 2.86. The summed E-state index contributed by atoms with van der Waals surface area (Å²) >= 11 is 0. The Morgan fingerprint density at radius 3 is 2.77 bits per heavy atom. The highest BCUT2D eigenvalue weighted by Crippen LogP contribution is 2.17. The Bertz CT molecular complexity index is 891. The van der Waals surface area contributed by atoms with E-state index in [0.29, 0.717) is 18.7 Å². The number of amides is 1. The molecule has 1 atom stereocenters. The molecule has 0 bridgehead atoms. The third-order valence-electron chi connectivity index (χ3n) is 4.40. The van der Waals surface area contributed by atoms with Gasteiger partial charge >= 0.3 is 0 Å². The van der Waals surface area contributed by atoms with E-state index in [0.717, 1.165) is 28.6 Å². The van der Waals surface area contributed by atoms with Crippen molar-refractivity contribution < 1.29 is 4.79 Å². The van der Waals surface area contributed by atoms with Crippen LogP contribution in [0.15, 0.2) is 60.7 Å². The predicted octanol–water partition coefficient (Wildman–Crippen LogP) is 4.23. The molecule has 1 amide bonds. The molecule has 0 aliphatic rings. The van der Waals surface area contributed by atoms with Crippen molar-refractivity contribution >= 4 is 16.8 Å². The molecule has 0 radical (unpaired) electrons. The molecule has 3 aromatic rings. The first-order chi connectivity index (χ1) is 12.7. The van der Waals surface area contributed by atoms with Crippen molar-refractivity contribution in [3.63, 3.8) is 0 Å². The zero-order valence-corrected chi connectivity index (χ0v) is 15.3. The monoisotopic (exact) mass is 347 g/mol. The van der Waals surface area contributed by atoms with Gasteiger partial charge in [0.2, 0.25) is 0 Å². The van der Waals surface area contributed by atoms with Gasteiger partial charge in [0.25, 0.3) is 5.91 Å². The van der Waals surface area contributed by atoms with Gasteiger partial charge in [-0.1, -0.05) is 43.3 Å². The minimum Gasteiger partial charge on any atom is -0.352 e. The summed E-state index contributed by atoms with van der Waals surface area (Å²) in [7, 11) is 0. The summed E-state index contributed by atoms with van der Waals surface area (Å²) in [4.78, 5) is 16.8. The Kier molecular flexibility index (Phi) is 5.97. The summed E-state index contributed by atoms with van der Waals surface area (Å²) in [6.45, 7) is 5.54. The number of nitrogens with zero attached hydrogens (tertiary/aromatic N) is 1. The topological polar surface area (TPSA) is 54.0 Å². The van der Waals surface area contributed by atoms with Crippen LogP contribution in [0.5, 0.6) is 0 Å². The van der Waals surface area contributed by atoms with Gasteiger partial charge in [-0.15, -0.1) is 0 Å². The number of carbonyl (C=O) groups excluding carboxylic acids is 1. The number of rotatable bonds is 7. The highest BCUT2D eigenvalue weighted by Gasteiger charge is 2.09. The van der Waals surface area contributed by atoms with Crippen LogP contribution in [0.1, 0.15) is 47.9 Å². The second kappa shape index (κ2) is 8.59. The number of hydrogen-bond acceptors (Lipinski definition) is 3. The van der Waals surface area contributed by atoms with Crippen LogP contribution in [0.3, 0.4) is 0 Å². The summed E-state index contributed by atoms with van der Waals surface area (Å²) < 4.78 is 0. The molecule has 1 aromatic heterocycles. The first kappa shape index (κ1) is 18.1. The van der Waals surface area contributed by atoms with Gasteiger partial charge in [-0.3, -0.25) is 9.78 Å². The maximum atomic E-state index is 12.1. The standard InChI is InChI=1S/C22H25N3O/c1-3-13-23-22(26)19-9-6-7-17(14-19)15-24-16(2)20-12-11-18-8-4-5-10-21(18)25-20/h4-12,14,16,24H,3,13,15H2,1-2H3,(H,23,26)/t16-/m1/s1. The van der Waals surface area contributed by atoms with Crippen molar-refractivity contribution in [2.45, 2.75) is 32.9 Å². The van der Waals surface area contributed by atoms with Gasteiger partial charge in [-0.25, -0.2) is 0 Å². The number of benzene rings is 2. The highest BCUT2D eigenvalue weighted by molar-refractivity contribution is 5.94. The highest BCUT2D eigenvalue weighted by atomic mass is 16.1. The van der Waals surface area contributed by atoms with Crippen LogP contribution in [-0.2, 0) is 6.54 Å². The minimum atomic E-state index is -0.0158. The van der Waals surface area contributed by atoms with Crippen LogP contribution in [0.2, 0.25) is 0 Å². The fraction of sp³-hybridized carbons (Fsp3) is 0.273. The molecule has 0 aliphatic carbocycles. The lowest BCUT2D eigenvalue weighted by molar-refractivity contribution is 0.0953. The predicted molar refractivity (Wildman–Crippen MR) is 106 cm³/mol. The molecule has 2 N–H and O–H groups in total. The van der Waals surface area contributed by atoms with E-state index in [1.807, 2.05) is 49.4 Å². The molecule has 4 nitrogen and oxygen atoms in total. The normalized spacial score (nSPS) is 12.1. The van der Waals surface area contributed by atoms with E-state index in [-0.39, 0.29) is 11.9 Å². The van der Waals surface area contributed by atoms with E-state index in [9.17, 15) is 4.79 Å². The van der Waals surface area contributed by atoms with E-state index < -0.39 is 0 Å². The Balaban J connectivity index is 1.65. The fourth-order valence-electron chi connectivity index (χ4n) is 2.86. The van der Waals surface area contributed by atoms with Crippen LogP contribution in [0.25, 0.3) is 10.9 Å². The van der Waals surface area contributed by atoms with Gasteiger partial charge in [-0.2, -0.15) is 0 Å². The van der Waals surface area contributed by atoms with Crippen LogP contribution in [0, 0.1) is 0 Å². The molecule has 134 valence electrons. The summed E-state index contributed by atoms with van der Waals surface area (Å²) in [5.41, 5.74) is 3.81. The molecule has 3 rings (SSSR count). The van der Waals surface area contributed by atoms with E-state index in [4.69, 9.17) is 4.98 Å². The lowest BCUT2D eigenvalue weighted by atomic mass is 10.1. The molecule has 0 aliphatic heterocycles. The largest absolute Gasteiger partial charge is 0.352 e. The zero-order chi connectivity index (χ0) is 18.4. The van der Waals surface area contributed by atoms with Crippen LogP contribution >= 0.6 is 0 Å². The van der Waals surface area contributed by atoms with Gasteiger partial charge < -0.3 is 10.6 Å². The Labute approximate surface area is 154 Å². The van der Waals surface area contributed by atoms with E-state index >= 15 is 0 Å². The smallest absolute Gasteiger partial charge is 0.251 e. The first-order valence-electron chi connectivity index (χ1n) is 9.13. The number of hydrogen-bond donors (Lipinski definition) is 2. The molecule has 0 saturated carbocycles. The maximum Gasteiger partial charge on any atom is 0.251 e. The molecule has 0 spiro atoms. The lowest BCUT2D eigenvalue weighted by Crippen LogP contribution is -2.24. The quantitative estimate of drug-likeness (QED) is 0.673. The van der Waals surface area contributed by atoms with Crippen molar-refractivity contribution in [3.8, 4) is 0 Å². The molecule has 0 saturated heterocycles. The molecule has 0 unspecified atom stereocenters. The molecule has 4 heteroatoms. The number of para-hydroxylation sites is 1. The average molecular weight is 347 g/mol. The van der Waals surface area contributed by atoms with E-state index in [1.165, 1.54) is 0 Å². The van der Waals surface area contributed by atoms with Crippen LogP contribution in [-0.4, -0.2) is 17.4 Å². The van der Waals surface area contributed by atoms with Gasteiger partial charge in [0.05, 0.1) is 11.2 Å². The maximum absolute atomic E-state index is 12.1. The molecule has 0 fully saturated rings. The third kappa shape index (κ3) is 4.46. The third-order valence-corrected chi connectivity index (χ3v) is 4.40. The Hall–Kier alpha value is -2.72. The molecule has 26 heavy (non-hydrogen) atoms. The summed E-state index contributed by atoms with van der Waals surface area (Å²) in [5, 5.41) is 7.56. The minimum absolute atomic E-state index is 0.0158. The van der Waals surface area contributed by atoms with Crippen molar-refractivity contribution in [3.05, 3.63) is 77.5 Å². The van der Waals surface area contributed by atoms with E-state index in [1.54, 1.807) is 0 Å². The second-order valence-corrected chi connectivity index (χ2v) is 6.49. The number of fused-ring (bicyclic) bond motifs is 1. The molecule has 1 heterocycles. The van der Waals surface area contributed by atoms with Gasteiger partial charge in [0, 0.05) is 30.1 Å². The van der Waals surface area contributed by atoms with Gasteiger partial charge in [0.15, 0.2) is 0 Å². The summed E-state index contributed by atoms with van der Waals surface area (Å²) in [5.74, 6) is -0.0158. The lowest BCUT2D eigenvalue weighted by Gasteiger charge is -2.14. The summed E-state index contributed by atoms with van der Waals surface area (Å²) in [6, 6.07) is 20.2. The molecular weight excluding hydrogens is 322 g/mol. The average Bonchev–Trinajstić information content (AvgIpc) is 2.70. The molecular formula is C22H25N3O. The van der Waals surface area contributed by atoms with Gasteiger partial charge in [0.1, 0.15) is 0 Å². The number of nitrogens with one attached hydrogen (secondary N) is 2. The van der Waals surface area contributed by atoms with Crippen LogP contribution in [0.4, 0.5) is 0 Å². The number of aromatic nitrogens is 1. The van der Waals surface area contributed by atoms with Crippen molar-refractivity contribution in [2.75, 3.05) is 6.54 Å². The number of carbonyl (C=O) groups is 1. The first-order valence-corrected chi connectivity index (χ1v) is 9.13. The number of pyridine rings is 1. The van der Waals surface area contributed by atoms with Gasteiger partial charge in [-0.05, 0) is 43.2 Å². The van der Waals surface area contributed by atoms with Crippen molar-refractivity contribution in [1.29, 1.82) is 0 Å². The Morgan fingerprint density at radius 1 is 1.08 bits per heavy atom. The van der Waals surface area contributed by atoms with Crippen LogP contribution < -0.4 is 10.6 Å². The second-order valence-electron chi connectivity index (χ2n) is 6.49.